The van der Waals surface area contributed by atoms with Crippen molar-refractivity contribution in [2.24, 2.45) is 5.73 Å². The standard InChI is InChI=1S/C23H25N7O2S/c24-20(31)18-14-25-23(28-21(18)26-15-3-4-15)27-16-5-7-17(8-6-16)29-9-11-30(12-10-29)22(32)19-2-1-13-33-19/h1-2,5-8,13-15H,3-4,9-12H2,(H2,24,31)(H2,25,26,27,28). The predicted molar refractivity (Wildman–Crippen MR) is 129 cm³/mol. The Bertz CT molecular complexity index is 1140. The van der Waals surface area contributed by atoms with Gasteiger partial charge in [-0.3, -0.25) is 9.59 Å². The van der Waals surface area contributed by atoms with Crippen molar-refractivity contribution in [3.63, 3.8) is 0 Å². The number of hydrogen-bond acceptors (Lipinski definition) is 8. The van der Waals surface area contributed by atoms with Crippen molar-refractivity contribution in [3.8, 4) is 0 Å². The Balaban J connectivity index is 1.20. The summed E-state index contributed by atoms with van der Waals surface area (Å²) in [6, 6.07) is 12.1. The van der Waals surface area contributed by atoms with Gasteiger partial charge in [-0.15, -0.1) is 11.3 Å². The van der Waals surface area contributed by atoms with E-state index in [1.165, 1.54) is 17.5 Å². The molecule has 0 atom stereocenters. The Labute approximate surface area is 195 Å². The van der Waals surface area contributed by atoms with Crippen LogP contribution in [0.25, 0.3) is 0 Å². The molecule has 2 amide bonds. The normalized spacial score (nSPS) is 15.9. The molecule has 2 aromatic heterocycles. The molecule has 1 aliphatic heterocycles. The first-order valence-electron chi connectivity index (χ1n) is 10.9. The SMILES string of the molecule is NC(=O)c1cnc(Nc2ccc(N3CCN(C(=O)c4cccs4)CC3)cc2)nc1NC1CC1. The summed E-state index contributed by atoms with van der Waals surface area (Å²) in [4.78, 5) is 37.8. The molecule has 33 heavy (non-hydrogen) atoms. The Kier molecular flexibility index (Phi) is 5.82. The molecule has 3 heterocycles. The fraction of sp³-hybridized carbons (Fsp3) is 0.304. The number of aromatic nitrogens is 2. The predicted octanol–water partition coefficient (Wildman–Crippen LogP) is 2.92. The quantitative estimate of drug-likeness (QED) is 0.493. The molecule has 10 heteroatoms. The number of thiophene rings is 1. The lowest BCUT2D eigenvalue weighted by Gasteiger charge is -2.36. The molecule has 1 saturated heterocycles. The smallest absolute Gasteiger partial charge is 0.264 e. The van der Waals surface area contributed by atoms with E-state index in [9.17, 15) is 9.59 Å². The van der Waals surface area contributed by atoms with Gasteiger partial charge in [0.25, 0.3) is 11.8 Å². The van der Waals surface area contributed by atoms with Gasteiger partial charge >= 0.3 is 0 Å². The molecule has 0 spiro atoms. The van der Waals surface area contributed by atoms with E-state index in [1.54, 1.807) is 0 Å². The maximum atomic E-state index is 12.5. The second-order valence-electron chi connectivity index (χ2n) is 8.17. The van der Waals surface area contributed by atoms with E-state index in [0.717, 1.165) is 42.2 Å². The van der Waals surface area contributed by atoms with Crippen molar-refractivity contribution >= 4 is 46.3 Å². The van der Waals surface area contributed by atoms with Gasteiger partial charge in [0.15, 0.2) is 0 Å². The third-order valence-electron chi connectivity index (χ3n) is 5.76. The Morgan fingerprint density at radius 2 is 1.82 bits per heavy atom. The molecule has 4 N–H and O–H groups in total. The molecule has 2 fully saturated rings. The zero-order valence-corrected chi connectivity index (χ0v) is 18.8. The first-order valence-corrected chi connectivity index (χ1v) is 11.8. The van der Waals surface area contributed by atoms with Crippen LogP contribution in [0.1, 0.15) is 32.9 Å². The minimum Gasteiger partial charge on any atom is -0.368 e. The van der Waals surface area contributed by atoms with Crippen molar-refractivity contribution in [2.45, 2.75) is 18.9 Å². The van der Waals surface area contributed by atoms with E-state index in [0.29, 0.717) is 36.5 Å². The molecule has 1 aliphatic carbocycles. The molecule has 5 rings (SSSR count). The van der Waals surface area contributed by atoms with Gasteiger partial charge in [0.05, 0.1) is 10.4 Å². The van der Waals surface area contributed by atoms with Crippen LogP contribution in [0.2, 0.25) is 0 Å². The summed E-state index contributed by atoms with van der Waals surface area (Å²) in [6.45, 7) is 2.98. The monoisotopic (exact) mass is 463 g/mol. The number of nitrogens with zero attached hydrogens (tertiary/aromatic N) is 4. The van der Waals surface area contributed by atoms with Crippen LogP contribution < -0.4 is 21.3 Å². The summed E-state index contributed by atoms with van der Waals surface area (Å²) >= 11 is 1.48. The highest BCUT2D eigenvalue weighted by Gasteiger charge is 2.25. The Morgan fingerprint density at radius 1 is 1.06 bits per heavy atom. The summed E-state index contributed by atoms with van der Waals surface area (Å²) in [5, 5.41) is 8.36. The number of hydrogen-bond donors (Lipinski definition) is 3. The number of rotatable bonds is 7. The molecule has 0 bridgehead atoms. The van der Waals surface area contributed by atoms with Crippen LogP contribution in [-0.2, 0) is 0 Å². The van der Waals surface area contributed by atoms with E-state index in [-0.39, 0.29) is 5.91 Å². The third-order valence-corrected chi connectivity index (χ3v) is 6.62. The van der Waals surface area contributed by atoms with Gasteiger partial charge in [-0.05, 0) is 48.6 Å². The molecule has 3 aromatic rings. The summed E-state index contributed by atoms with van der Waals surface area (Å²) in [5.41, 5.74) is 7.68. The third kappa shape index (κ3) is 4.90. The van der Waals surface area contributed by atoms with Crippen LogP contribution in [0.15, 0.2) is 48.0 Å². The van der Waals surface area contributed by atoms with E-state index in [1.807, 2.05) is 46.7 Å². The first kappa shape index (κ1) is 21.2. The van der Waals surface area contributed by atoms with Gasteiger partial charge in [0.2, 0.25) is 5.95 Å². The van der Waals surface area contributed by atoms with E-state index >= 15 is 0 Å². The number of nitrogens with two attached hydrogens (primary N) is 1. The molecule has 0 unspecified atom stereocenters. The van der Waals surface area contributed by atoms with Crippen molar-refractivity contribution in [1.82, 2.24) is 14.9 Å². The van der Waals surface area contributed by atoms with Crippen LogP contribution in [-0.4, -0.2) is 58.9 Å². The zero-order chi connectivity index (χ0) is 22.8. The summed E-state index contributed by atoms with van der Waals surface area (Å²) in [5.74, 6) is 0.430. The van der Waals surface area contributed by atoms with E-state index < -0.39 is 5.91 Å². The second kappa shape index (κ2) is 9.07. The van der Waals surface area contributed by atoms with Gasteiger partial charge < -0.3 is 26.2 Å². The first-order chi connectivity index (χ1) is 16.1. The number of nitrogens with one attached hydrogen (secondary N) is 2. The van der Waals surface area contributed by atoms with Gasteiger partial charge in [-0.1, -0.05) is 6.07 Å². The van der Waals surface area contributed by atoms with Crippen LogP contribution in [0.4, 0.5) is 23.1 Å². The number of carbonyl (C=O) groups is 2. The van der Waals surface area contributed by atoms with Crippen LogP contribution in [0.3, 0.4) is 0 Å². The maximum Gasteiger partial charge on any atom is 0.264 e. The summed E-state index contributed by atoms with van der Waals surface area (Å²) in [6.07, 6.45) is 3.57. The largest absolute Gasteiger partial charge is 0.368 e. The topological polar surface area (TPSA) is 116 Å². The highest BCUT2D eigenvalue weighted by Crippen LogP contribution is 2.27. The van der Waals surface area contributed by atoms with Crippen molar-refractivity contribution in [2.75, 3.05) is 41.7 Å². The minimum atomic E-state index is -0.550. The number of primary amides is 1. The molecule has 0 radical (unpaired) electrons. The van der Waals surface area contributed by atoms with Crippen LogP contribution >= 0.6 is 11.3 Å². The molecular formula is C23H25N7O2S. The van der Waals surface area contributed by atoms with E-state index in [2.05, 4.69) is 25.5 Å². The van der Waals surface area contributed by atoms with Crippen molar-refractivity contribution < 1.29 is 9.59 Å². The highest BCUT2D eigenvalue weighted by atomic mass is 32.1. The van der Waals surface area contributed by atoms with E-state index in [4.69, 9.17) is 5.73 Å². The lowest BCUT2D eigenvalue weighted by atomic mass is 10.2. The minimum absolute atomic E-state index is 0.113. The number of carbonyl (C=O) groups excluding carboxylic acids is 2. The fourth-order valence-electron chi connectivity index (χ4n) is 3.76. The zero-order valence-electron chi connectivity index (χ0n) is 18.0. The average Bonchev–Trinajstić information content (AvgIpc) is 3.47. The number of benzene rings is 1. The second-order valence-corrected chi connectivity index (χ2v) is 9.11. The van der Waals surface area contributed by atoms with Gasteiger partial charge in [-0.25, -0.2) is 4.98 Å². The van der Waals surface area contributed by atoms with Gasteiger partial charge in [0.1, 0.15) is 5.82 Å². The molecular weight excluding hydrogens is 438 g/mol. The Hall–Kier alpha value is -3.66. The number of piperazine rings is 1. The lowest BCUT2D eigenvalue weighted by Crippen LogP contribution is -2.48. The van der Waals surface area contributed by atoms with Crippen molar-refractivity contribution in [3.05, 3.63) is 58.4 Å². The highest BCUT2D eigenvalue weighted by molar-refractivity contribution is 7.12. The summed E-state index contributed by atoms with van der Waals surface area (Å²) in [7, 11) is 0. The van der Waals surface area contributed by atoms with Crippen molar-refractivity contribution in [1.29, 1.82) is 0 Å². The van der Waals surface area contributed by atoms with Gasteiger partial charge in [-0.2, -0.15) is 4.98 Å². The molecule has 1 aromatic carbocycles. The van der Waals surface area contributed by atoms with Crippen LogP contribution in [0, 0.1) is 0 Å². The average molecular weight is 464 g/mol. The van der Waals surface area contributed by atoms with Crippen LogP contribution in [0.5, 0.6) is 0 Å². The fourth-order valence-corrected chi connectivity index (χ4v) is 4.45. The molecule has 1 saturated carbocycles. The number of amides is 2. The molecule has 170 valence electrons. The summed E-state index contributed by atoms with van der Waals surface area (Å²) < 4.78 is 0. The Morgan fingerprint density at radius 3 is 2.45 bits per heavy atom. The van der Waals surface area contributed by atoms with Gasteiger partial charge in [0, 0.05) is 49.8 Å². The number of anilines is 4. The maximum absolute atomic E-state index is 12.5. The molecule has 9 nitrogen and oxygen atoms in total. The molecule has 2 aliphatic rings. The lowest BCUT2D eigenvalue weighted by molar-refractivity contribution is 0.0751.